The van der Waals surface area contributed by atoms with Crippen LogP contribution in [0.5, 0.6) is 5.75 Å². The monoisotopic (exact) mass is 450 g/mol. The molecule has 7 nitrogen and oxygen atoms in total. The van der Waals surface area contributed by atoms with Crippen molar-refractivity contribution in [3.8, 4) is 16.9 Å². The Bertz CT molecular complexity index is 891. The lowest BCUT2D eigenvalue weighted by molar-refractivity contribution is -0.137. The molecule has 0 aliphatic carbocycles. The van der Waals surface area contributed by atoms with Crippen molar-refractivity contribution in [1.29, 1.82) is 0 Å². The molecule has 0 radical (unpaired) electrons. The number of hydrogen-bond acceptors (Lipinski definition) is 6. The molecule has 170 valence electrons. The maximum Gasteiger partial charge on any atom is 0.303 e. The van der Waals surface area contributed by atoms with Crippen LogP contribution in [-0.4, -0.2) is 58.3 Å². The highest BCUT2D eigenvalue weighted by molar-refractivity contribution is 7.91. The van der Waals surface area contributed by atoms with Crippen molar-refractivity contribution in [2.24, 2.45) is 0 Å². The molecule has 0 spiro atoms. The van der Waals surface area contributed by atoms with Crippen LogP contribution in [0.1, 0.15) is 26.2 Å². The average Bonchev–Trinajstić information content (AvgIpc) is 2.76. The number of carboxylic acids is 1. The van der Waals surface area contributed by atoms with Crippen molar-refractivity contribution in [2.75, 3.05) is 38.8 Å². The Morgan fingerprint density at radius 3 is 2.06 bits per heavy atom. The van der Waals surface area contributed by atoms with Crippen LogP contribution in [-0.2, 0) is 24.1 Å². The van der Waals surface area contributed by atoms with Gasteiger partial charge in [-0.1, -0.05) is 24.3 Å². The molecule has 0 aromatic heterocycles. The zero-order chi connectivity index (χ0) is 22.5. The molecule has 2 rings (SSSR count). The fourth-order valence-electron chi connectivity index (χ4n) is 2.86. The Balaban J connectivity index is 1.82. The normalized spacial score (nSPS) is 11.4. The van der Waals surface area contributed by atoms with Crippen LogP contribution >= 0.6 is 0 Å². The number of carboxylic acid groups (broad SMARTS) is 1. The summed E-state index contributed by atoms with van der Waals surface area (Å²) in [6.07, 6.45) is 0.833. The standard InChI is InChI=1S/C23H30O7S/c1-2-28-16-17-30-21-10-6-19(7-11-21)20-8-12-22(13-9-20)31(26,27)18-4-15-29-14-3-5-23(24)25/h6-13H,2-5,14-18H2,1H3,(H,24,25). The molecule has 0 aliphatic heterocycles. The van der Waals surface area contributed by atoms with E-state index in [4.69, 9.17) is 19.3 Å². The summed E-state index contributed by atoms with van der Waals surface area (Å²) in [6.45, 7) is 4.25. The van der Waals surface area contributed by atoms with E-state index in [2.05, 4.69) is 0 Å². The van der Waals surface area contributed by atoms with E-state index < -0.39 is 15.8 Å². The molecule has 1 N–H and O–H groups in total. The van der Waals surface area contributed by atoms with Gasteiger partial charge in [0, 0.05) is 26.2 Å². The maximum atomic E-state index is 12.5. The third-order valence-corrected chi connectivity index (χ3v) is 6.30. The van der Waals surface area contributed by atoms with Gasteiger partial charge < -0.3 is 19.3 Å². The Kier molecular flexibility index (Phi) is 10.5. The summed E-state index contributed by atoms with van der Waals surface area (Å²) in [5.74, 6) is -0.122. The summed E-state index contributed by atoms with van der Waals surface area (Å²) in [5.41, 5.74) is 1.89. The molecule has 0 fully saturated rings. The maximum absolute atomic E-state index is 12.5. The molecule has 2 aromatic carbocycles. The minimum absolute atomic E-state index is 0.0148. The lowest BCUT2D eigenvalue weighted by Gasteiger charge is -2.09. The third kappa shape index (κ3) is 9.08. The highest BCUT2D eigenvalue weighted by Crippen LogP contribution is 2.24. The number of aliphatic carboxylic acids is 1. The first-order valence-corrected chi connectivity index (χ1v) is 12.0. The summed E-state index contributed by atoms with van der Waals surface area (Å²) in [7, 11) is -3.39. The van der Waals surface area contributed by atoms with E-state index in [0.717, 1.165) is 16.9 Å². The van der Waals surface area contributed by atoms with Crippen molar-refractivity contribution in [1.82, 2.24) is 0 Å². The van der Waals surface area contributed by atoms with E-state index in [1.807, 2.05) is 31.2 Å². The molecule has 31 heavy (non-hydrogen) atoms. The quantitative estimate of drug-likeness (QED) is 0.412. The van der Waals surface area contributed by atoms with Gasteiger partial charge in [-0.25, -0.2) is 8.42 Å². The lowest BCUT2D eigenvalue weighted by Crippen LogP contribution is -2.10. The largest absolute Gasteiger partial charge is 0.491 e. The second-order valence-electron chi connectivity index (χ2n) is 6.88. The van der Waals surface area contributed by atoms with E-state index in [-0.39, 0.29) is 23.7 Å². The lowest BCUT2D eigenvalue weighted by atomic mass is 10.1. The van der Waals surface area contributed by atoms with Crippen LogP contribution in [0.15, 0.2) is 53.4 Å². The number of hydrogen-bond donors (Lipinski definition) is 1. The minimum Gasteiger partial charge on any atom is -0.491 e. The highest BCUT2D eigenvalue weighted by atomic mass is 32.2. The molecule has 0 heterocycles. The highest BCUT2D eigenvalue weighted by Gasteiger charge is 2.14. The van der Waals surface area contributed by atoms with Crippen LogP contribution < -0.4 is 4.74 Å². The van der Waals surface area contributed by atoms with Gasteiger partial charge in [0.25, 0.3) is 0 Å². The van der Waals surface area contributed by atoms with Crippen LogP contribution in [0.25, 0.3) is 11.1 Å². The molecule has 0 bridgehead atoms. The second-order valence-corrected chi connectivity index (χ2v) is 8.99. The van der Waals surface area contributed by atoms with Crippen molar-refractivity contribution < 1.29 is 32.5 Å². The molecular weight excluding hydrogens is 420 g/mol. The molecule has 2 aromatic rings. The van der Waals surface area contributed by atoms with Gasteiger partial charge in [-0.2, -0.15) is 0 Å². The Morgan fingerprint density at radius 2 is 1.45 bits per heavy atom. The van der Waals surface area contributed by atoms with Gasteiger partial charge in [0.15, 0.2) is 9.84 Å². The molecule has 0 saturated heterocycles. The second kappa shape index (κ2) is 13.1. The summed E-state index contributed by atoms with van der Waals surface area (Å²) >= 11 is 0. The van der Waals surface area contributed by atoms with Gasteiger partial charge >= 0.3 is 5.97 Å². The van der Waals surface area contributed by atoms with Gasteiger partial charge in [-0.05, 0) is 55.2 Å². The van der Waals surface area contributed by atoms with E-state index >= 15 is 0 Å². The zero-order valence-corrected chi connectivity index (χ0v) is 18.6. The summed E-state index contributed by atoms with van der Waals surface area (Å²) in [5, 5.41) is 8.56. The molecule has 0 aliphatic rings. The summed E-state index contributed by atoms with van der Waals surface area (Å²) in [4.78, 5) is 10.7. The van der Waals surface area contributed by atoms with Crippen LogP contribution in [0.2, 0.25) is 0 Å². The van der Waals surface area contributed by atoms with Crippen molar-refractivity contribution in [3.63, 3.8) is 0 Å². The minimum atomic E-state index is -3.39. The SMILES string of the molecule is CCOCCOc1ccc(-c2ccc(S(=O)(=O)CCCOCCCC(=O)O)cc2)cc1. The predicted octanol–water partition coefficient (Wildman–Crippen LogP) is 3.81. The topological polar surface area (TPSA) is 99.1 Å². The Morgan fingerprint density at radius 1 is 0.839 bits per heavy atom. The van der Waals surface area contributed by atoms with E-state index in [1.165, 1.54) is 0 Å². The van der Waals surface area contributed by atoms with Gasteiger partial charge in [0.1, 0.15) is 12.4 Å². The fourth-order valence-corrected chi connectivity index (χ4v) is 4.14. The zero-order valence-electron chi connectivity index (χ0n) is 17.8. The van der Waals surface area contributed by atoms with E-state index in [9.17, 15) is 13.2 Å². The number of benzene rings is 2. The van der Waals surface area contributed by atoms with Crippen LogP contribution in [0, 0.1) is 0 Å². The smallest absolute Gasteiger partial charge is 0.303 e. The number of rotatable bonds is 15. The number of ether oxygens (including phenoxy) is 3. The predicted molar refractivity (Wildman–Crippen MR) is 118 cm³/mol. The van der Waals surface area contributed by atoms with E-state index in [0.29, 0.717) is 39.3 Å². The molecular formula is C23H30O7S. The molecule has 0 amide bonds. The van der Waals surface area contributed by atoms with Gasteiger partial charge in [0.2, 0.25) is 0 Å². The van der Waals surface area contributed by atoms with Crippen LogP contribution in [0.4, 0.5) is 0 Å². The van der Waals surface area contributed by atoms with Crippen LogP contribution in [0.3, 0.4) is 0 Å². The fraction of sp³-hybridized carbons (Fsp3) is 0.435. The molecule has 0 atom stereocenters. The number of sulfone groups is 1. The first-order valence-electron chi connectivity index (χ1n) is 10.4. The van der Waals surface area contributed by atoms with E-state index in [1.54, 1.807) is 24.3 Å². The third-order valence-electron chi connectivity index (χ3n) is 4.48. The summed E-state index contributed by atoms with van der Waals surface area (Å²) in [6, 6.07) is 14.4. The van der Waals surface area contributed by atoms with Crippen molar-refractivity contribution in [2.45, 2.75) is 31.1 Å². The van der Waals surface area contributed by atoms with Gasteiger partial charge in [0.05, 0.1) is 17.3 Å². The van der Waals surface area contributed by atoms with Gasteiger partial charge in [-0.15, -0.1) is 0 Å². The molecule has 8 heteroatoms. The van der Waals surface area contributed by atoms with Gasteiger partial charge in [-0.3, -0.25) is 4.79 Å². The average molecular weight is 451 g/mol. The molecule has 0 unspecified atom stereocenters. The van der Waals surface area contributed by atoms with Crippen molar-refractivity contribution >= 4 is 15.8 Å². The summed E-state index contributed by atoms with van der Waals surface area (Å²) < 4.78 is 41.1. The Labute approximate surface area is 183 Å². The molecule has 0 saturated carbocycles. The number of carbonyl (C=O) groups is 1. The Hall–Kier alpha value is -2.42. The first-order chi connectivity index (χ1) is 14.9. The first kappa shape index (κ1) is 24.8. The van der Waals surface area contributed by atoms with Crippen molar-refractivity contribution in [3.05, 3.63) is 48.5 Å².